The van der Waals surface area contributed by atoms with Gasteiger partial charge in [-0.05, 0) is 12.1 Å². The molecular formula is C15H19Cl2N2O3+. The van der Waals surface area contributed by atoms with Crippen molar-refractivity contribution in [3.05, 3.63) is 28.2 Å². The Bertz CT molecular complexity index is 560. The van der Waals surface area contributed by atoms with Gasteiger partial charge in [0, 0.05) is 12.8 Å². The first-order valence-corrected chi connectivity index (χ1v) is 7.94. The van der Waals surface area contributed by atoms with E-state index >= 15 is 0 Å². The number of ether oxygens (including phenoxy) is 1. The highest BCUT2D eigenvalue weighted by molar-refractivity contribution is 6.44. The van der Waals surface area contributed by atoms with Crippen molar-refractivity contribution in [3.8, 4) is 0 Å². The first-order chi connectivity index (χ1) is 10.5. The first-order valence-electron chi connectivity index (χ1n) is 7.19. The molecular weight excluding hydrogens is 327 g/mol. The van der Waals surface area contributed by atoms with E-state index in [9.17, 15) is 9.59 Å². The topological polar surface area (TPSA) is 59.8 Å². The predicted octanol–water partition coefficient (Wildman–Crippen LogP) is 1.54. The highest BCUT2D eigenvalue weighted by Gasteiger charge is 2.34. The van der Waals surface area contributed by atoms with Crippen molar-refractivity contribution in [1.82, 2.24) is 0 Å². The van der Waals surface area contributed by atoms with Gasteiger partial charge in [0.1, 0.15) is 6.42 Å². The van der Waals surface area contributed by atoms with Gasteiger partial charge in [-0.15, -0.1) is 0 Å². The van der Waals surface area contributed by atoms with Crippen molar-refractivity contribution < 1.29 is 19.2 Å². The zero-order chi connectivity index (χ0) is 16.1. The summed E-state index contributed by atoms with van der Waals surface area (Å²) >= 11 is 12.0. The van der Waals surface area contributed by atoms with E-state index in [4.69, 9.17) is 27.9 Å². The van der Waals surface area contributed by atoms with Gasteiger partial charge in [0.05, 0.1) is 35.9 Å². The number of hydrogen-bond acceptors (Lipinski definition) is 3. The highest BCUT2D eigenvalue weighted by Crippen LogP contribution is 2.29. The quantitative estimate of drug-likeness (QED) is 0.796. The summed E-state index contributed by atoms with van der Waals surface area (Å²) in [7, 11) is 1.32. The second-order valence-corrected chi connectivity index (χ2v) is 6.07. The Kier molecular flexibility index (Phi) is 6.06. The lowest BCUT2D eigenvalue weighted by Crippen LogP contribution is -3.15. The molecule has 1 fully saturated rings. The number of amides is 1. The summed E-state index contributed by atoms with van der Waals surface area (Å²) in [5.74, 6) is -0.636. The summed E-state index contributed by atoms with van der Waals surface area (Å²) < 4.78 is 4.70. The van der Waals surface area contributed by atoms with Crippen LogP contribution in [0.15, 0.2) is 18.2 Å². The maximum Gasteiger partial charge on any atom is 0.312 e. The van der Waals surface area contributed by atoms with Crippen LogP contribution in [0.4, 0.5) is 5.69 Å². The van der Waals surface area contributed by atoms with Crippen molar-refractivity contribution in [2.75, 3.05) is 25.5 Å². The van der Waals surface area contributed by atoms with Gasteiger partial charge in [0.15, 0.2) is 6.04 Å². The van der Waals surface area contributed by atoms with Gasteiger partial charge < -0.3 is 15.0 Å². The van der Waals surface area contributed by atoms with Crippen LogP contribution in [0, 0.1) is 0 Å². The van der Waals surface area contributed by atoms with E-state index in [0.29, 0.717) is 15.7 Å². The molecule has 7 heteroatoms. The van der Waals surface area contributed by atoms with E-state index < -0.39 is 12.0 Å². The van der Waals surface area contributed by atoms with E-state index in [1.807, 2.05) is 0 Å². The molecule has 5 nitrogen and oxygen atoms in total. The third-order valence-electron chi connectivity index (χ3n) is 3.86. The number of halogens is 2. The third kappa shape index (κ3) is 4.12. The number of rotatable bonds is 5. The van der Waals surface area contributed by atoms with Crippen LogP contribution in [-0.4, -0.2) is 38.1 Å². The Labute approximate surface area is 139 Å². The van der Waals surface area contributed by atoms with Gasteiger partial charge in [0.2, 0.25) is 0 Å². The van der Waals surface area contributed by atoms with Crippen LogP contribution in [-0.2, 0) is 14.3 Å². The molecule has 1 amide bonds. The van der Waals surface area contributed by atoms with Crippen LogP contribution in [0.2, 0.25) is 10.0 Å². The maximum absolute atomic E-state index is 12.6. The zero-order valence-corrected chi connectivity index (χ0v) is 13.8. The standard InChI is InChI=1S/C15H18Cl2N2O3/c1-22-13(20)9-12(19-7-2-3-8-19)15(21)18-11-6-4-5-10(16)14(11)17/h4-6,12H,2-3,7-9H2,1H3,(H,18,21)/p+1/t12-/m0/s1. The lowest BCUT2D eigenvalue weighted by Gasteiger charge is -2.23. The molecule has 1 atom stereocenters. The summed E-state index contributed by atoms with van der Waals surface area (Å²) in [5.41, 5.74) is 0.452. The maximum atomic E-state index is 12.6. The number of likely N-dealkylation sites (tertiary alicyclic amines) is 1. The van der Waals surface area contributed by atoms with Crippen LogP contribution in [0.1, 0.15) is 19.3 Å². The second kappa shape index (κ2) is 7.81. The lowest BCUT2D eigenvalue weighted by atomic mass is 10.1. The number of carbonyl (C=O) groups is 2. The van der Waals surface area contributed by atoms with Crippen molar-refractivity contribution >= 4 is 40.8 Å². The van der Waals surface area contributed by atoms with Crippen molar-refractivity contribution in [2.45, 2.75) is 25.3 Å². The number of esters is 1. The number of benzene rings is 1. The Balaban J connectivity index is 2.13. The van der Waals surface area contributed by atoms with Crippen LogP contribution < -0.4 is 10.2 Å². The van der Waals surface area contributed by atoms with Gasteiger partial charge in [0.25, 0.3) is 5.91 Å². The van der Waals surface area contributed by atoms with Crippen LogP contribution >= 0.6 is 23.2 Å². The summed E-state index contributed by atoms with van der Waals surface area (Å²) in [5, 5.41) is 3.44. The molecule has 0 saturated carbocycles. The fourth-order valence-electron chi connectivity index (χ4n) is 2.67. The van der Waals surface area contributed by atoms with Crippen LogP contribution in [0.5, 0.6) is 0 Å². The Hall–Kier alpha value is -1.30. The number of methoxy groups -OCH3 is 1. The number of hydrogen-bond donors (Lipinski definition) is 2. The molecule has 1 heterocycles. The summed E-state index contributed by atoms with van der Waals surface area (Å²) in [6.45, 7) is 1.75. The molecule has 0 spiro atoms. The first kappa shape index (κ1) is 17.1. The molecule has 0 unspecified atom stereocenters. The van der Waals surface area contributed by atoms with Crippen molar-refractivity contribution in [3.63, 3.8) is 0 Å². The molecule has 0 aliphatic carbocycles. The third-order valence-corrected chi connectivity index (χ3v) is 4.68. The molecule has 22 heavy (non-hydrogen) atoms. The summed E-state index contributed by atoms with van der Waals surface area (Å²) in [4.78, 5) is 25.3. The zero-order valence-electron chi connectivity index (χ0n) is 12.3. The summed E-state index contributed by atoms with van der Waals surface area (Å²) in [6, 6.07) is 4.56. The number of nitrogens with one attached hydrogen (secondary N) is 2. The predicted molar refractivity (Wildman–Crippen MR) is 85.4 cm³/mol. The van der Waals surface area contributed by atoms with E-state index in [1.165, 1.54) is 7.11 Å². The second-order valence-electron chi connectivity index (χ2n) is 5.29. The largest absolute Gasteiger partial charge is 0.469 e. The minimum Gasteiger partial charge on any atom is -0.469 e. The molecule has 1 saturated heterocycles. The Morgan fingerprint density at radius 3 is 2.64 bits per heavy atom. The van der Waals surface area contributed by atoms with Gasteiger partial charge in [-0.25, -0.2) is 0 Å². The average Bonchev–Trinajstić information content (AvgIpc) is 3.03. The molecule has 2 N–H and O–H groups in total. The van der Waals surface area contributed by atoms with Gasteiger partial charge >= 0.3 is 5.97 Å². The van der Waals surface area contributed by atoms with E-state index in [0.717, 1.165) is 30.8 Å². The van der Waals surface area contributed by atoms with Crippen LogP contribution in [0.25, 0.3) is 0 Å². The molecule has 1 aliphatic heterocycles. The fourth-order valence-corrected chi connectivity index (χ4v) is 3.02. The average molecular weight is 346 g/mol. The molecule has 0 bridgehead atoms. The van der Waals surface area contributed by atoms with E-state index in [1.54, 1.807) is 18.2 Å². The van der Waals surface area contributed by atoms with Crippen molar-refractivity contribution in [1.29, 1.82) is 0 Å². The van der Waals surface area contributed by atoms with Gasteiger partial charge in [-0.2, -0.15) is 0 Å². The molecule has 1 aliphatic rings. The molecule has 0 aromatic heterocycles. The summed E-state index contributed by atoms with van der Waals surface area (Å²) in [6.07, 6.45) is 2.16. The van der Waals surface area contributed by atoms with E-state index in [2.05, 4.69) is 5.32 Å². The molecule has 1 aromatic rings. The van der Waals surface area contributed by atoms with Crippen molar-refractivity contribution in [2.24, 2.45) is 0 Å². The minimum atomic E-state index is -0.481. The number of anilines is 1. The monoisotopic (exact) mass is 345 g/mol. The molecule has 1 aromatic carbocycles. The van der Waals surface area contributed by atoms with E-state index in [-0.39, 0.29) is 12.3 Å². The smallest absolute Gasteiger partial charge is 0.312 e. The normalized spacial score (nSPS) is 16.3. The van der Waals surface area contributed by atoms with Gasteiger partial charge in [-0.1, -0.05) is 29.3 Å². The fraction of sp³-hybridized carbons (Fsp3) is 0.467. The highest BCUT2D eigenvalue weighted by atomic mass is 35.5. The number of quaternary nitrogens is 1. The molecule has 120 valence electrons. The lowest BCUT2D eigenvalue weighted by molar-refractivity contribution is -0.903. The van der Waals surface area contributed by atoms with Crippen LogP contribution in [0.3, 0.4) is 0 Å². The minimum absolute atomic E-state index is 0.0514. The molecule has 2 rings (SSSR count). The molecule has 0 radical (unpaired) electrons. The van der Waals surface area contributed by atoms with Gasteiger partial charge in [-0.3, -0.25) is 9.59 Å². The Morgan fingerprint density at radius 2 is 2.00 bits per heavy atom. The number of carbonyl (C=O) groups excluding carboxylic acids is 2. The Morgan fingerprint density at radius 1 is 1.32 bits per heavy atom. The SMILES string of the molecule is COC(=O)C[C@@H](C(=O)Nc1cccc(Cl)c1Cl)[NH+]1CCCC1.